The van der Waals surface area contributed by atoms with Gasteiger partial charge in [0.25, 0.3) is 5.91 Å². The molecule has 0 aliphatic rings. The monoisotopic (exact) mass is 320 g/mol. The highest BCUT2D eigenvalue weighted by Gasteiger charge is 2.24. The van der Waals surface area contributed by atoms with Crippen LogP contribution in [-0.2, 0) is 0 Å². The van der Waals surface area contributed by atoms with Gasteiger partial charge in [-0.2, -0.15) is 5.10 Å². The Morgan fingerprint density at radius 1 is 1.45 bits per heavy atom. The summed E-state index contributed by atoms with van der Waals surface area (Å²) in [6, 6.07) is 7.32. The first kappa shape index (κ1) is 16.5. The lowest BCUT2D eigenvalue weighted by Crippen LogP contribution is -2.39. The minimum atomic E-state index is -0.135. The molecule has 0 bridgehead atoms. The van der Waals surface area contributed by atoms with Crippen molar-refractivity contribution in [1.29, 1.82) is 0 Å². The molecule has 3 N–H and O–H groups in total. The molecule has 1 amide bonds. The van der Waals surface area contributed by atoms with Gasteiger partial charge < -0.3 is 10.6 Å². The van der Waals surface area contributed by atoms with E-state index in [4.69, 9.17) is 17.3 Å². The van der Waals surface area contributed by atoms with Crippen molar-refractivity contribution in [2.45, 2.75) is 13.8 Å². The van der Waals surface area contributed by atoms with Crippen LogP contribution in [0.25, 0.3) is 11.3 Å². The predicted molar refractivity (Wildman–Crippen MR) is 88.8 cm³/mol. The van der Waals surface area contributed by atoms with Crippen molar-refractivity contribution < 1.29 is 4.79 Å². The summed E-state index contributed by atoms with van der Waals surface area (Å²) in [4.78, 5) is 14.3. The Labute approximate surface area is 135 Å². The number of H-pyrrole nitrogens is 1. The van der Waals surface area contributed by atoms with E-state index in [9.17, 15) is 4.79 Å². The number of aromatic amines is 1. The Morgan fingerprint density at radius 3 is 2.82 bits per heavy atom. The highest BCUT2D eigenvalue weighted by molar-refractivity contribution is 6.30. The number of nitrogens with zero attached hydrogens (tertiary/aromatic N) is 2. The summed E-state index contributed by atoms with van der Waals surface area (Å²) in [6.45, 7) is 5.15. The number of nitrogens with two attached hydrogens (primary N) is 1. The van der Waals surface area contributed by atoms with E-state index in [0.29, 0.717) is 29.4 Å². The molecular weight excluding hydrogens is 300 g/mol. The van der Waals surface area contributed by atoms with Crippen LogP contribution in [0.15, 0.2) is 30.5 Å². The van der Waals surface area contributed by atoms with Crippen molar-refractivity contribution in [3.8, 4) is 11.3 Å². The number of hydrogen-bond acceptors (Lipinski definition) is 3. The van der Waals surface area contributed by atoms with Crippen LogP contribution < -0.4 is 5.73 Å². The lowest BCUT2D eigenvalue weighted by molar-refractivity contribution is 0.0741. The number of nitrogens with one attached hydrogen (secondary N) is 1. The van der Waals surface area contributed by atoms with Crippen LogP contribution in [0.1, 0.15) is 24.2 Å². The van der Waals surface area contributed by atoms with Gasteiger partial charge in [-0.25, -0.2) is 0 Å². The fourth-order valence-electron chi connectivity index (χ4n) is 2.30. The van der Waals surface area contributed by atoms with Gasteiger partial charge in [0.15, 0.2) is 0 Å². The normalized spacial score (nSPS) is 11.5. The van der Waals surface area contributed by atoms with E-state index in [1.165, 1.54) is 0 Å². The molecule has 6 heteroatoms. The minimum Gasteiger partial charge on any atom is -0.341 e. The first-order chi connectivity index (χ1) is 10.3. The van der Waals surface area contributed by atoms with Crippen LogP contribution in [-0.4, -0.2) is 41.1 Å². The summed E-state index contributed by atoms with van der Waals surface area (Å²) < 4.78 is 0. The molecule has 1 aromatic carbocycles. The average molecular weight is 321 g/mol. The molecule has 2 aromatic rings. The first-order valence-corrected chi connectivity index (χ1v) is 7.47. The quantitative estimate of drug-likeness (QED) is 0.889. The predicted octanol–water partition coefficient (Wildman–Crippen LogP) is 2.79. The van der Waals surface area contributed by atoms with Crippen LogP contribution >= 0.6 is 11.6 Å². The summed E-state index contributed by atoms with van der Waals surface area (Å²) in [5, 5.41) is 7.50. The zero-order valence-corrected chi connectivity index (χ0v) is 13.8. The number of halogens is 1. The lowest BCUT2D eigenvalue weighted by Gasteiger charge is -2.29. The zero-order chi connectivity index (χ0) is 16.3. The molecule has 0 fully saturated rings. The van der Waals surface area contributed by atoms with E-state index in [-0.39, 0.29) is 11.3 Å². The van der Waals surface area contributed by atoms with E-state index in [1.807, 2.05) is 26.0 Å². The third-order valence-corrected chi connectivity index (χ3v) is 3.78. The van der Waals surface area contributed by atoms with E-state index in [1.54, 1.807) is 30.3 Å². The molecule has 0 spiro atoms. The van der Waals surface area contributed by atoms with Crippen molar-refractivity contribution in [3.05, 3.63) is 41.0 Å². The smallest absolute Gasteiger partial charge is 0.257 e. The van der Waals surface area contributed by atoms with Gasteiger partial charge in [0, 0.05) is 24.2 Å². The molecule has 0 radical (unpaired) electrons. The number of rotatable bonds is 5. The van der Waals surface area contributed by atoms with Crippen molar-refractivity contribution in [2.24, 2.45) is 11.1 Å². The van der Waals surface area contributed by atoms with E-state index in [2.05, 4.69) is 10.2 Å². The first-order valence-electron chi connectivity index (χ1n) is 7.09. The minimum absolute atomic E-state index is 0.0924. The third kappa shape index (κ3) is 3.67. The Hall–Kier alpha value is -1.85. The van der Waals surface area contributed by atoms with Crippen LogP contribution in [0.3, 0.4) is 0 Å². The van der Waals surface area contributed by atoms with E-state index < -0.39 is 0 Å². The third-order valence-electron chi connectivity index (χ3n) is 3.55. The van der Waals surface area contributed by atoms with Crippen molar-refractivity contribution in [1.82, 2.24) is 15.1 Å². The second-order valence-electron chi connectivity index (χ2n) is 6.20. The topological polar surface area (TPSA) is 75.0 Å². The van der Waals surface area contributed by atoms with Gasteiger partial charge in [-0.15, -0.1) is 0 Å². The van der Waals surface area contributed by atoms with Crippen molar-refractivity contribution in [2.75, 3.05) is 20.1 Å². The number of carbonyl (C=O) groups is 1. The molecule has 5 nitrogen and oxygen atoms in total. The number of amides is 1. The standard InChI is InChI=1S/C16H21ClN4O/c1-16(2,9-18)10-21(3)15(22)13-8-19-20-14(13)11-5-4-6-12(17)7-11/h4-8H,9-10,18H2,1-3H3,(H,19,20). The van der Waals surface area contributed by atoms with Crippen LogP contribution in [0, 0.1) is 5.41 Å². The Kier molecular flexibility index (Phi) is 4.88. The fraction of sp³-hybridized carbons (Fsp3) is 0.375. The highest BCUT2D eigenvalue weighted by Crippen LogP contribution is 2.25. The Bertz CT molecular complexity index is 666. The van der Waals surface area contributed by atoms with Crippen LogP contribution in [0.5, 0.6) is 0 Å². The van der Waals surface area contributed by atoms with Crippen molar-refractivity contribution in [3.63, 3.8) is 0 Å². The fourth-order valence-corrected chi connectivity index (χ4v) is 2.49. The average Bonchev–Trinajstić information content (AvgIpc) is 2.95. The van der Waals surface area contributed by atoms with Gasteiger partial charge in [-0.3, -0.25) is 9.89 Å². The highest BCUT2D eigenvalue weighted by atomic mass is 35.5. The maximum Gasteiger partial charge on any atom is 0.257 e. The SMILES string of the molecule is CN(CC(C)(C)CN)C(=O)c1cn[nH]c1-c1cccc(Cl)c1. The van der Waals surface area contributed by atoms with Gasteiger partial charge >= 0.3 is 0 Å². The number of aromatic nitrogens is 2. The van der Waals surface area contributed by atoms with E-state index >= 15 is 0 Å². The maximum atomic E-state index is 12.7. The molecule has 0 atom stereocenters. The molecule has 118 valence electrons. The number of carbonyl (C=O) groups excluding carboxylic acids is 1. The maximum absolute atomic E-state index is 12.7. The summed E-state index contributed by atoms with van der Waals surface area (Å²) in [7, 11) is 1.77. The van der Waals surface area contributed by atoms with Crippen molar-refractivity contribution >= 4 is 17.5 Å². The van der Waals surface area contributed by atoms with Crippen LogP contribution in [0.4, 0.5) is 0 Å². The Balaban J connectivity index is 2.27. The summed E-state index contributed by atoms with van der Waals surface area (Å²) in [5.74, 6) is -0.0924. The number of benzene rings is 1. The lowest BCUT2D eigenvalue weighted by atomic mass is 9.93. The van der Waals surface area contributed by atoms with Crippen LogP contribution in [0.2, 0.25) is 5.02 Å². The molecule has 2 rings (SSSR count). The molecule has 1 heterocycles. The van der Waals surface area contributed by atoms with Gasteiger partial charge in [0.1, 0.15) is 0 Å². The summed E-state index contributed by atoms with van der Waals surface area (Å²) in [6.07, 6.45) is 1.55. The van der Waals surface area contributed by atoms with E-state index in [0.717, 1.165) is 5.56 Å². The molecule has 0 aliphatic carbocycles. The van der Waals surface area contributed by atoms with Gasteiger partial charge in [0.05, 0.1) is 17.5 Å². The Morgan fingerprint density at radius 2 is 2.18 bits per heavy atom. The zero-order valence-electron chi connectivity index (χ0n) is 13.1. The second-order valence-corrected chi connectivity index (χ2v) is 6.64. The molecule has 0 saturated heterocycles. The largest absolute Gasteiger partial charge is 0.341 e. The van der Waals surface area contributed by atoms with Gasteiger partial charge in [-0.05, 0) is 24.1 Å². The summed E-state index contributed by atoms with van der Waals surface area (Å²) >= 11 is 6.02. The molecule has 0 aliphatic heterocycles. The second kappa shape index (κ2) is 6.50. The number of hydrogen-bond donors (Lipinski definition) is 2. The molecule has 1 aromatic heterocycles. The van der Waals surface area contributed by atoms with Gasteiger partial charge in [0.2, 0.25) is 0 Å². The molecule has 0 saturated carbocycles. The summed E-state index contributed by atoms with van der Waals surface area (Å²) in [5.41, 5.74) is 7.64. The molecule has 22 heavy (non-hydrogen) atoms. The molecular formula is C16H21ClN4O. The molecule has 0 unspecified atom stereocenters. The van der Waals surface area contributed by atoms with Gasteiger partial charge in [-0.1, -0.05) is 37.6 Å².